The minimum Gasteiger partial charge on any atom is -0.493 e. The summed E-state index contributed by atoms with van der Waals surface area (Å²) in [4.78, 5) is 37.1. The van der Waals surface area contributed by atoms with Crippen molar-refractivity contribution in [1.82, 2.24) is 20.3 Å². The van der Waals surface area contributed by atoms with Crippen LogP contribution in [-0.2, 0) is 11.2 Å². The van der Waals surface area contributed by atoms with Crippen LogP contribution < -0.4 is 20.3 Å². The third-order valence-electron chi connectivity index (χ3n) is 5.50. The van der Waals surface area contributed by atoms with E-state index in [1.54, 1.807) is 25.4 Å². The zero-order valence-electron chi connectivity index (χ0n) is 18.3. The van der Waals surface area contributed by atoms with Crippen LogP contribution in [0.1, 0.15) is 31.1 Å². The Morgan fingerprint density at radius 3 is 2.81 bits per heavy atom. The average molecular weight is 434 g/mol. The van der Waals surface area contributed by atoms with Crippen LogP contribution in [0.5, 0.6) is 11.5 Å². The molecule has 0 saturated heterocycles. The highest BCUT2D eigenvalue weighted by atomic mass is 16.5. The average Bonchev–Trinajstić information content (AvgIpc) is 2.81. The van der Waals surface area contributed by atoms with Crippen LogP contribution >= 0.6 is 0 Å². The van der Waals surface area contributed by atoms with Crippen LogP contribution in [0.15, 0.2) is 53.5 Å². The molecule has 32 heavy (non-hydrogen) atoms. The summed E-state index contributed by atoms with van der Waals surface area (Å²) in [6, 6.07) is 12.1. The van der Waals surface area contributed by atoms with Gasteiger partial charge in [0.25, 0.3) is 5.56 Å². The quantitative estimate of drug-likeness (QED) is 0.618. The SMILES string of the molecule is COc1cccc2c1OCC(C(=O)NC(c1cc(=O)[nH]c(-c3ccccn3)n1)C(C)C)C2. The van der Waals surface area contributed by atoms with Gasteiger partial charge < -0.3 is 19.8 Å². The zero-order chi connectivity index (χ0) is 22.7. The number of para-hydroxylation sites is 1. The second-order valence-corrected chi connectivity index (χ2v) is 8.12. The molecule has 3 heterocycles. The molecule has 1 aliphatic rings. The molecule has 8 heteroatoms. The van der Waals surface area contributed by atoms with Crippen LogP contribution in [0.25, 0.3) is 11.5 Å². The molecular formula is C24H26N4O4. The van der Waals surface area contributed by atoms with E-state index in [0.29, 0.717) is 35.1 Å². The smallest absolute Gasteiger partial charge is 0.251 e. The van der Waals surface area contributed by atoms with E-state index >= 15 is 0 Å². The summed E-state index contributed by atoms with van der Waals surface area (Å²) in [6.07, 6.45) is 2.19. The zero-order valence-corrected chi connectivity index (χ0v) is 18.3. The molecule has 2 atom stereocenters. The minimum atomic E-state index is -0.432. The van der Waals surface area contributed by atoms with Crippen molar-refractivity contribution in [3.63, 3.8) is 0 Å². The fraction of sp³-hybridized carbons (Fsp3) is 0.333. The number of benzene rings is 1. The van der Waals surface area contributed by atoms with Gasteiger partial charge in [0.1, 0.15) is 12.3 Å². The van der Waals surface area contributed by atoms with Gasteiger partial charge in [-0.05, 0) is 36.1 Å². The monoisotopic (exact) mass is 434 g/mol. The molecule has 0 radical (unpaired) electrons. The van der Waals surface area contributed by atoms with Gasteiger partial charge in [0.15, 0.2) is 17.3 Å². The van der Waals surface area contributed by atoms with Gasteiger partial charge in [-0.2, -0.15) is 0 Å². The van der Waals surface area contributed by atoms with E-state index in [-0.39, 0.29) is 29.9 Å². The van der Waals surface area contributed by atoms with Crippen LogP contribution in [0.3, 0.4) is 0 Å². The highest BCUT2D eigenvalue weighted by Gasteiger charge is 2.30. The third kappa shape index (κ3) is 4.49. The van der Waals surface area contributed by atoms with Gasteiger partial charge in [-0.15, -0.1) is 0 Å². The Kier molecular flexibility index (Phi) is 6.20. The van der Waals surface area contributed by atoms with Crippen LogP contribution in [-0.4, -0.2) is 34.6 Å². The lowest BCUT2D eigenvalue weighted by atomic mass is 9.94. The van der Waals surface area contributed by atoms with E-state index in [2.05, 4.69) is 20.3 Å². The van der Waals surface area contributed by atoms with Crippen molar-refractivity contribution in [2.45, 2.75) is 26.3 Å². The first kappa shape index (κ1) is 21.5. The number of nitrogens with one attached hydrogen (secondary N) is 2. The maximum Gasteiger partial charge on any atom is 0.251 e. The lowest BCUT2D eigenvalue weighted by Gasteiger charge is -2.29. The van der Waals surface area contributed by atoms with Crippen LogP contribution in [0.2, 0.25) is 0 Å². The Morgan fingerprint density at radius 1 is 1.25 bits per heavy atom. The second kappa shape index (κ2) is 9.21. The van der Waals surface area contributed by atoms with E-state index in [4.69, 9.17) is 9.47 Å². The number of methoxy groups -OCH3 is 1. The van der Waals surface area contributed by atoms with E-state index < -0.39 is 6.04 Å². The van der Waals surface area contributed by atoms with Gasteiger partial charge in [-0.1, -0.05) is 32.0 Å². The molecule has 1 amide bonds. The molecule has 3 aromatic rings. The number of carbonyl (C=O) groups is 1. The summed E-state index contributed by atoms with van der Waals surface area (Å²) >= 11 is 0. The Morgan fingerprint density at radius 2 is 2.09 bits per heavy atom. The van der Waals surface area contributed by atoms with Crippen molar-refractivity contribution in [3.8, 4) is 23.0 Å². The number of carbonyl (C=O) groups excluding carboxylic acids is 1. The molecule has 1 aromatic carbocycles. The van der Waals surface area contributed by atoms with Crippen LogP contribution in [0.4, 0.5) is 0 Å². The molecule has 1 aliphatic heterocycles. The Balaban J connectivity index is 1.56. The number of H-pyrrole nitrogens is 1. The van der Waals surface area contributed by atoms with Gasteiger partial charge in [0, 0.05) is 12.3 Å². The number of fused-ring (bicyclic) bond motifs is 1. The summed E-state index contributed by atoms with van der Waals surface area (Å²) in [5.74, 6) is 1.25. The van der Waals surface area contributed by atoms with Gasteiger partial charge >= 0.3 is 0 Å². The van der Waals surface area contributed by atoms with Crippen molar-refractivity contribution < 1.29 is 14.3 Å². The molecule has 2 N–H and O–H groups in total. The first-order valence-electron chi connectivity index (χ1n) is 10.6. The maximum absolute atomic E-state index is 13.1. The van der Waals surface area contributed by atoms with Crippen molar-refractivity contribution in [2.75, 3.05) is 13.7 Å². The number of nitrogens with zero attached hydrogens (tertiary/aromatic N) is 2. The van der Waals surface area contributed by atoms with Crippen molar-refractivity contribution >= 4 is 5.91 Å². The summed E-state index contributed by atoms with van der Waals surface area (Å²) in [7, 11) is 1.60. The Labute approximate surface area is 186 Å². The molecule has 2 unspecified atom stereocenters. The van der Waals surface area contributed by atoms with Gasteiger partial charge in [-0.25, -0.2) is 4.98 Å². The second-order valence-electron chi connectivity index (χ2n) is 8.12. The standard InChI is InChI=1S/C24H26N4O4/c1-14(2)21(18-12-20(29)27-23(26-18)17-8-4-5-10-25-17)28-24(30)16-11-15-7-6-9-19(31-3)22(15)32-13-16/h4-10,12,14,16,21H,11,13H2,1-3H3,(H,28,30)(H,26,27,29). The van der Waals surface area contributed by atoms with E-state index in [0.717, 1.165) is 5.56 Å². The summed E-state index contributed by atoms with van der Waals surface area (Å²) < 4.78 is 11.2. The topological polar surface area (TPSA) is 106 Å². The molecule has 0 bridgehead atoms. The number of ether oxygens (including phenoxy) is 2. The molecule has 0 saturated carbocycles. The predicted octanol–water partition coefficient (Wildman–Crippen LogP) is 2.91. The number of aromatic nitrogens is 3. The largest absolute Gasteiger partial charge is 0.493 e. The summed E-state index contributed by atoms with van der Waals surface area (Å²) in [5, 5.41) is 3.08. The molecule has 8 nitrogen and oxygen atoms in total. The molecule has 0 aliphatic carbocycles. The van der Waals surface area contributed by atoms with Crippen LogP contribution in [0, 0.1) is 11.8 Å². The van der Waals surface area contributed by atoms with E-state index in [1.165, 1.54) is 6.07 Å². The van der Waals surface area contributed by atoms with E-state index in [1.807, 2.05) is 38.1 Å². The number of hydrogen-bond donors (Lipinski definition) is 2. The Bertz CT molecular complexity index is 1160. The molecule has 4 rings (SSSR count). The van der Waals surface area contributed by atoms with E-state index in [9.17, 15) is 9.59 Å². The molecule has 0 fully saturated rings. The highest BCUT2D eigenvalue weighted by Crippen LogP contribution is 2.36. The fourth-order valence-electron chi connectivity index (χ4n) is 3.84. The number of hydrogen-bond acceptors (Lipinski definition) is 6. The number of rotatable bonds is 6. The lowest BCUT2D eigenvalue weighted by molar-refractivity contribution is -0.127. The van der Waals surface area contributed by atoms with Crippen molar-refractivity contribution in [3.05, 3.63) is 70.3 Å². The maximum atomic E-state index is 13.1. The molecule has 166 valence electrons. The predicted molar refractivity (Wildman–Crippen MR) is 119 cm³/mol. The fourth-order valence-corrected chi connectivity index (χ4v) is 3.84. The number of amides is 1. The minimum absolute atomic E-state index is 0.0155. The first-order chi connectivity index (χ1) is 15.5. The Hall–Kier alpha value is -3.68. The molecule has 0 spiro atoms. The lowest BCUT2D eigenvalue weighted by Crippen LogP contribution is -2.41. The van der Waals surface area contributed by atoms with Gasteiger partial charge in [0.2, 0.25) is 5.91 Å². The number of pyridine rings is 1. The normalized spacial score (nSPS) is 16.1. The third-order valence-corrected chi connectivity index (χ3v) is 5.50. The molecular weight excluding hydrogens is 408 g/mol. The highest BCUT2D eigenvalue weighted by molar-refractivity contribution is 5.80. The van der Waals surface area contributed by atoms with Gasteiger partial charge in [-0.3, -0.25) is 14.6 Å². The summed E-state index contributed by atoms with van der Waals surface area (Å²) in [6.45, 7) is 4.21. The number of aromatic amines is 1. The first-order valence-corrected chi connectivity index (χ1v) is 10.6. The van der Waals surface area contributed by atoms with Crippen molar-refractivity contribution in [1.29, 1.82) is 0 Å². The molecule has 2 aromatic heterocycles. The van der Waals surface area contributed by atoms with Gasteiger partial charge in [0.05, 0.1) is 24.8 Å². The summed E-state index contributed by atoms with van der Waals surface area (Å²) in [5.41, 5.74) is 1.70. The van der Waals surface area contributed by atoms with Crippen molar-refractivity contribution in [2.24, 2.45) is 11.8 Å².